The third-order valence-corrected chi connectivity index (χ3v) is 3.31. The van der Waals surface area contributed by atoms with Crippen LogP contribution < -0.4 is 0 Å². The van der Waals surface area contributed by atoms with Crippen molar-refractivity contribution in [2.75, 3.05) is 0 Å². The van der Waals surface area contributed by atoms with Crippen LogP contribution in [0.3, 0.4) is 0 Å². The van der Waals surface area contributed by atoms with Gasteiger partial charge in [-0.25, -0.2) is 0 Å². The van der Waals surface area contributed by atoms with Crippen LogP contribution in [0.1, 0.15) is 39.0 Å². The second-order valence-electron chi connectivity index (χ2n) is 4.35. The highest BCUT2D eigenvalue weighted by Crippen LogP contribution is 2.37. The molecule has 3 unspecified atom stereocenters. The van der Waals surface area contributed by atoms with E-state index >= 15 is 0 Å². The minimum Gasteiger partial charge on any atom is -0.509 e. The van der Waals surface area contributed by atoms with Crippen LogP contribution >= 0.6 is 0 Å². The maximum Gasteiger partial charge on any atom is 0.602 e. The third-order valence-electron chi connectivity index (χ3n) is 3.31. The minimum atomic E-state index is -4.01. The van der Waals surface area contributed by atoms with Crippen LogP contribution in [0.25, 0.3) is 0 Å². The Bertz CT molecular complexity index is 213. The Hall–Kier alpha value is -0.155. The largest absolute Gasteiger partial charge is 0.602 e. The normalized spacial score (nSPS) is 42.6. The first kappa shape index (κ1) is 10.4. The van der Waals surface area contributed by atoms with Gasteiger partial charge in [-0.05, 0) is 19.8 Å². The summed E-state index contributed by atoms with van der Waals surface area (Å²) in [6.07, 6.45) is 4.31. The van der Waals surface area contributed by atoms with E-state index in [2.05, 4.69) is 4.65 Å². The van der Waals surface area contributed by atoms with Gasteiger partial charge in [0.15, 0.2) is 0 Å². The van der Waals surface area contributed by atoms with E-state index in [0.29, 0.717) is 0 Å². The summed E-state index contributed by atoms with van der Waals surface area (Å²) in [5, 5.41) is 0. The highest BCUT2D eigenvalue weighted by Gasteiger charge is 2.43. The molecule has 0 amide bonds. The van der Waals surface area contributed by atoms with E-state index in [9.17, 15) is 8.63 Å². The van der Waals surface area contributed by atoms with Gasteiger partial charge in [-0.1, -0.05) is 19.3 Å². The lowest BCUT2D eigenvalue weighted by Crippen LogP contribution is -2.51. The van der Waals surface area contributed by atoms with Crippen LogP contribution in [0.15, 0.2) is 0 Å². The average Bonchev–Trinajstić information content (AvgIpc) is 2.27. The van der Waals surface area contributed by atoms with E-state index in [4.69, 9.17) is 4.65 Å². The molecule has 0 bridgehead atoms. The quantitative estimate of drug-likeness (QED) is 0.566. The zero-order valence-corrected chi connectivity index (χ0v) is 8.42. The van der Waals surface area contributed by atoms with Crippen LogP contribution in [0.5, 0.6) is 0 Å². The molecular weight excluding hydrogens is 189 g/mol. The highest BCUT2D eigenvalue weighted by molar-refractivity contribution is 6.52. The first-order valence-electron chi connectivity index (χ1n) is 5.44. The lowest BCUT2D eigenvalue weighted by molar-refractivity contribution is -0.0887. The summed E-state index contributed by atoms with van der Waals surface area (Å²) in [5.74, 6) is 0.166. The summed E-state index contributed by atoms with van der Waals surface area (Å²) in [6.45, 7) is 1.74. The van der Waals surface area contributed by atoms with Crippen LogP contribution in [0.2, 0.25) is 0 Å². The Balaban J connectivity index is 2.08. The van der Waals surface area contributed by atoms with Gasteiger partial charge >= 0.3 is 7.11 Å². The fourth-order valence-electron chi connectivity index (χ4n) is 2.59. The molecule has 2 rings (SSSR count). The molecule has 2 fully saturated rings. The van der Waals surface area contributed by atoms with Crippen LogP contribution in [-0.4, -0.2) is 19.3 Å². The maximum atomic E-state index is 13.0. The van der Waals surface area contributed by atoms with Gasteiger partial charge < -0.3 is 17.9 Å². The van der Waals surface area contributed by atoms with E-state index in [-0.39, 0.29) is 18.1 Å². The van der Waals surface area contributed by atoms with Crippen molar-refractivity contribution in [3.8, 4) is 0 Å². The molecule has 14 heavy (non-hydrogen) atoms. The lowest BCUT2D eigenvalue weighted by atomic mass is 9.87. The molecule has 1 saturated carbocycles. The van der Waals surface area contributed by atoms with E-state index in [1.54, 1.807) is 6.92 Å². The SMILES string of the molecule is CC1O[B-](F)(F)OC2CCCCCC12. The van der Waals surface area contributed by atoms with Crippen LogP contribution in [-0.2, 0) is 9.31 Å². The molecule has 1 heterocycles. The summed E-state index contributed by atoms with van der Waals surface area (Å²) in [6, 6.07) is 0. The van der Waals surface area contributed by atoms with Crippen molar-refractivity contribution in [3.05, 3.63) is 0 Å². The Morgan fingerprint density at radius 1 is 1.07 bits per heavy atom. The molecular formula is C9H16BF2O2-. The number of fused-ring (bicyclic) bond motifs is 1. The highest BCUT2D eigenvalue weighted by atomic mass is 19.3. The van der Waals surface area contributed by atoms with Crippen LogP contribution in [0.4, 0.5) is 8.63 Å². The van der Waals surface area contributed by atoms with Gasteiger partial charge in [0, 0.05) is 18.1 Å². The maximum absolute atomic E-state index is 13.0. The Morgan fingerprint density at radius 2 is 1.79 bits per heavy atom. The molecule has 0 N–H and O–H groups in total. The van der Waals surface area contributed by atoms with E-state index in [1.165, 1.54) is 0 Å². The molecule has 0 radical (unpaired) electrons. The zero-order valence-electron chi connectivity index (χ0n) is 8.42. The predicted molar refractivity (Wildman–Crippen MR) is 50.0 cm³/mol. The monoisotopic (exact) mass is 205 g/mol. The van der Waals surface area contributed by atoms with Crippen molar-refractivity contribution >= 4 is 7.11 Å². The first-order chi connectivity index (χ1) is 6.58. The van der Waals surface area contributed by atoms with Crippen molar-refractivity contribution in [2.45, 2.75) is 51.2 Å². The van der Waals surface area contributed by atoms with Gasteiger partial charge in [-0.15, -0.1) is 0 Å². The van der Waals surface area contributed by atoms with Crippen molar-refractivity contribution in [2.24, 2.45) is 5.92 Å². The van der Waals surface area contributed by atoms with Crippen molar-refractivity contribution in [3.63, 3.8) is 0 Å². The number of hydrogen-bond donors (Lipinski definition) is 0. The zero-order chi connectivity index (χ0) is 10.2. The number of hydrogen-bond acceptors (Lipinski definition) is 2. The molecule has 1 aliphatic heterocycles. The summed E-state index contributed by atoms with van der Waals surface area (Å²) in [5.41, 5.74) is 0. The third kappa shape index (κ3) is 2.09. The average molecular weight is 205 g/mol. The molecule has 0 aromatic heterocycles. The summed E-state index contributed by atoms with van der Waals surface area (Å²) in [4.78, 5) is 0. The second kappa shape index (κ2) is 3.78. The second-order valence-corrected chi connectivity index (χ2v) is 4.35. The molecule has 0 spiro atoms. The van der Waals surface area contributed by atoms with Gasteiger partial charge in [0.2, 0.25) is 0 Å². The summed E-state index contributed by atoms with van der Waals surface area (Å²) >= 11 is 0. The molecule has 1 aliphatic carbocycles. The smallest absolute Gasteiger partial charge is 0.509 e. The van der Waals surface area contributed by atoms with Gasteiger partial charge in [-0.2, -0.15) is 0 Å². The molecule has 2 nitrogen and oxygen atoms in total. The summed E-state index contributed by atoms with van der Waals surface area (Å²) in [7, 11) is -4.01. The standard InChI is InChI=1S/C9H16BF2O2/c1-7-8-5-3-2-4-6-9(8)14-10(11,12)13-7/h7-9H,2-6H2,1H3/q-1. The topological polar surface area (TPSA) is 18.5 Å². The lowest BCUT2D eigenvalue weighted by Gasteiger charge is -2.46. The van der Waals surface area contributed by atoms with Gasteiger partial charge in [-0.3, -0.25) is 0 Å². The fraction of sp³-hybridized carbons (Fsp3) is 1.00. The van der Waals surface area contributed by atoms with Crippen LogP contribution in [0, 0.1) is 5.92 Å². The van der Waals surface area contributed by atoms with Gasteiger partial charge in [0.25, 0.3) is 0 Å². The number of halogens is 2. The Kier molecular flexibility index (Phi) is 2.80. The number of rotatable bonds is 0. The summed E-state index contributed by atoms with van der Waals surface area (Å²) < 4.78 is 35.3. The molecule has 0 aromatic rings. The van der Waals surface area contributed by atoms with Crippen molar-refractivity contribution < 1.29 is 17.9 Å². The first-order valence-corrected chi connectivity index (χ1v) is 5.44. The molecule has 1 saturated heterocycles. The van der Waals surface area contributed by atoms with E-state index < -0.39 is 7.11 Å². The molecule has 3 atom stereocenters. The molecule has 2 aliphatic rings. The minimum absolute atomic E-state index is 0.166. The molecule has 82 valence electrons. The van der Waals surface area contributed by atoms with E-state index in [1.807, 2.05) is 0 Å². The Morgan fingerprint density at radius 3 is 2.57 bits per heavy atom. The van der Waals surface area contributed by atoms with Gasteiger partial charge in [0.05, 0.1) is 0 Å². The van der Waals surface area contributed by atoms with Crippen molar-refractivity contribution in [1.82, 2.24) is 0 Å². The van der Waals surface area contributed by atoms with Crippen molar-refractivity contribution in [1.29, 1.82) is 0 Å². The fourth-order valence-corrected chi connectivity index (χ4v) is 2.59. The Labute approximate surface area is 83.0 Å². The molecule has 0 aromatic carbocycles. The predicted octanol–water partition coefficient (Wildman–Crippen LogP) is 2.75. The van der Waals surface area contributed by atoms with Gasteiger partial charge in [0.1, 0.15) is 0 Å². The van der Waals surface area contributed by atoms with E-state index in [0.717, 1.165) is 32.1 Å². The molecule has 5 heteroatoms.